The molecule has 0 bridgehead atoms. The van der Waals surface area contributed by atoms with Gasteiger partial charge in [-0.15, -0.1) is 0 Å². The predicted molar refractivity (Wildman–Crippen MR) is 129 cm³/mol. The molecule has 0 saturated carbocycles. The van der Waals surface area contributed by atoms with Gasteiger partial charge in [0.15, 0.2) is 0 Å². The van der Waals surface area contributed by atoms with Crippen molar-refractivity contribution in [2.45, 2.75) is 39.0 Å². The predicted octanol–water partition coefficient (Wildman–Crippen LogP) is 5.18. The summed E-state index contributed by atoms with van der Waals surface area (Å²) in [6.45, 7) is 4.49. The van der Waals surface area contributed by atoms with E-state index in [-0.39, 0.29) is 35.5 Å². The van der Waals surface area contributed by atoms with Gasteiger partial charge in [-0.3, -0.25) is 4.79 Å². The Kier molecular flexibility index (Phi) is 6.73. The van der Waals surface area contributed by atoms with Crippen LogP contribution in [0.4, 0.5) is 13.2 Å². The van der Waals surface area contributed by atoms with Crippen molar-refractivity contribution in [2.75, 3.05) is 13.1 Å². The van der Waals surface area contributed by atoms with E-state index in [2.05, 4.69) is 15.1 Å². The Morgan fingerprint density at radius 2 is 1.65 bits per heavy atom. The number of aryl methyl sites for hydroxylation is 2. The van der Waals surface area contributed by atoms with E-state index in [0.29, 0.717) is 54.4 Å². The van der Waals surface area contributed by atoms with Crippen molar-refractivity contribution in [1.29, 1.82) is 0 Å². The Bertz CT molecular complexity index is 1430. The Balaban J connectivity index is 1.35. The van der Waals surface area contributed by atoms with Crippen molar-refractivity contribution in [3.05, 3.63) is 82.7 Å². The standard InChI is InChI=1S/C27H24F3N5O2/c1-15-24(27-33-26(34-37-27)18-6-8-19(28)9-7-18)25(32-16(2)31-15)17-10-12-35(13-11-17)23(36)14-20-21(29)4-3-5-22(20)30/h3-9,17H,10-14H2,1-2H3. The summed E-state index contributed by atoms with van der Waals surface area (Å²) in [5, 5.41) is 4.05. The maximum Gasteiger partial charge on any atom is 0.261 e. The topological polar surface area (TPSA) is 85.0 Å². The minimum Gasteiger partial charge on any atom is -0.342 e. The average molecular weight is 508 g/mol. The number of rotatable bonds is 5. The number of nitrogens with zero attached hydrogens (tertiary/aromatic N) is 5. The fourth-order valence-electron chi connectivity index (χ4n) is 4.71. The summed E-state index contributed by atoms with van der Waals surface area (Å²) in [5.41, 5.74) is 2.48. The minimum absolute atomic E-state index is 0.00850. The maximum absolute atomic E-state index is 14.0. The molecule has 37 heavy (non-hydrogen) atoms. The largest absolute Gasteiger partial charge is 0.342 e. The summed E-state index contributed by atoms with van der Waals surface area (Å²) < 4.78 is 46.9. The van der Waals surface area contributed by atoms with Gasteiger partial charge in [-0.2, -0.15) is 4.98 Å². The maximum atomic E-state index is 14.0. The van der Waals surface area contributed by atoms with E-state index in [1.54, 1.807) is 24.0 Å². The molecule has 1 saturated heterocycles. The summed E-state index contributed by atoms with van der Waals surface area (Å²) in [4.78, 5) is 28.1. The second-order valence-corrected chi connectivity index (χ2v) is 9.08. The zero-order valence-electron chi connectivity index (χ0n) is 20.3. The van der Waals surface area contributed by atoms with Crippen LogP contribution in [0, 0.1) is 31.3 Å². The molecule has 1 fully saturated rings. The highest BCUT2D eigenvalue weighted by atomic mass is 19.1. The van der Waals surface area contributed by atoms with Crippen molar-refractivity contribution in [1.82, 2.24) is 25.0 Å². The molecule has 4 aromatic rings. The second kappa shape index (κ2) is 10.1. The zero-order chi connectivity index (χ0) is 26.1. The fourth-order valence-corrected chi connectivity index (χ4v) is 4.71. The first-order chi connectivity index (χ1) is 17.8. The van der Waals surface area contributed by atoms with Gasteiger partial charge in [0.2, 0.25) is 11.7 Å². The van der Waals surface area contributed by atoms with Crippen LogP contribution in [0.15, 0.2) is 47.0 Å². The van der Waals surface area contributed by atoms with Gasteiger partial charge in [0.25, 0.3) is 5.89 Å². The first-order valence-electron chi connectivity index (χ1n) is 12.0. The van der Waals surface area contributed by atoms with Crippen molar-refractivity contribution in [2.24, 2.45) is 0 Å². The minimum atomic E-state index is -0.723. The molecule has 0 unspecified atom stereocenters. The van der Waals surface area contributed by atoms with Gasteiger partial charge in [-0.25, -0.2) is 23.1 Å². The molecular formula is C27H24F3N5O2. The second-order valence-electron chi connectivity index (χ2n) is 9.08. The molecule has 1 amide bonds. The van der Waals surface area contributed by atoms with Crippen LogP contribution in [-0.4, -0.2) is 44.0 Å². The highest BCUT2D eigenvalue weighted by Crippen LogP contribution is 2.36. The van der Waals surface area contributed by atoms with Gasteiger partial charge < -0.3 is 9.42 Å². The lowest BCUT2D eigenvalue weighted by molar-refractivity contribution is -0.131. The van der Waals surface area contributed by atoms with Crippen LogP contribution in [0.5, 0.6) is 0 Å². The molecular weight excluding hydrogens is 483 g/mol. The first kappa shape index (κ1) is 24.6. The van der Waals surface area contributed by atoms with E-state index in [9.17, 15) is 18.0 Å². The number of halogens is 3. The Hall–Kier alpha value is -4.08. The number of amides is 1. The number of aromatic nitrogens is 4. The number of piperidine rings is 1. The van der Waals surface area contributed by atoms with E-state index in [4.69, 9.17) is 9.51 Å². The van der Waals surface area contributed by atoms with Gasteiger partial charge in [-0.05, 0) is 63.1 Å². The van der Waals surface area contributed by atoms with E-state index < -0.39 is 11.6 Å². The van der Waals surface area contributed by atoms with Gasteiger partial charge in [-0.1, -0.05) is 11.2 Å². The molecule has 190 valence electrons. The quantitative estimate of drug-likeness (QED) is 0.370. The Labute approximate surface area is 211 Å². The van der Waals surface area contributed by atoms with Crippen molar-refractivity contribution in [3.63, 3.8) is 0 Å². The van der Waals surface area contributed by atoms with Crippen LogP contribution in [-0.2, 0) is 11.2 Å². The van der Waals surface area contributed by atoms with E-state index in [1.165, 1.54) is 18.2 Å². The summed E-state index contributed by atoms with van der Waals surface area (Å²) in [6, 6.07) is 9.38. The lowest BCUT2D eigenvalue weighted by Crippen LogP contribution is -2.39. The first-order valence-corrected chi connectivity index (χ1v) is 12.0. The van der Waals surface area contributed by atoms with Gasteiger partial charge in [0.05, 0.1) is 23.4 Å². The molecule has 1 aliphatic heterocycles. The molecule has 0 spiro atoms. The molecule has 10 heteroatoms. The normalized spacial score (nSPS) is 14.2. The summed E-state index contributed by atoms with van der Waals surface area (Å²) >= 11 is 0. The van der Waals surface area contributed by atoms with Crippen molar-refractivity contribution in [3.8, 4) is 22.8 Å². The number of benzene rings is 2. The third-order valence-electron chi connectivity index (χ3n) is 6.60. The van der Waals surface area contributed by atoms with Crippen molar-refractivity contribution >= 4 is 5.91 Å². The lowest BCUT2D eigenvalue weighted by Gasteiger charge is -2.32. The van der Waals surface area contributed by atoms with Crippen LogP contribution in [0.25, 0.3) is 22.8 Å². The summed E-state index contributed by atoms with van der Waals surface area (Å²) in [6.07, 6.45) is 0.884. The Morgan fingerprint density at radius 3 is 2.32 bits per heavy atom. The molecule has 3 heterocycles. The Morgan fingerprint density at radius 1 is 0.973 bits per heavy atom. The average Bonchev–Trinajstić information content (AvgIpc) is 3.36. The van der Waals surface area contributed by atoms with E-state index >= 15 is 0 Å². The zero-order valence-corrected chi connectivity index (χ0v) is 20.3. The molecule has 1 aliphatic rings. The third kappa shape index (κ3) is 5.09. The van der Waals surface area contributed by atoms with E-state index in [1.807, 2.05) is 6.92 Å². The van der Waals surface area contributed by atoms with Gasteiger partial charge in [0, 0.05) is 30.1 Å². The van der Waals surface area contributed by atoms with Crippen LogP contribution < -0.4 is 0 Å². The number of carbonyl (C=O) groups excluding carboxylic acids is 1. The SMILES string of the molecule is Cc1nc(C)c(-c2nc(-c3ccc(F)cc3)no2)c(C2CCN(C(=O)Cc3c(F)cccc3F)CC2)n1. The molecule has 0 atom stereocenters. The highest BCUT2D eigenvalue weighted by molar-refractivity contribution is 5.79. The van der Waals surface area contributed by atoms with Crippen LogP contribution >= 0.6 is 0 Å². The third-order valence-corrected chi connectivity index (χ3v) is 6.60. The van der Waals surface area contributed by atoms with Gasteiger partial charge in [0.1, 0.15) is 23.3 Å². The highest BCUT2D eigenvalue weighted by Gasteiger charge is 2.30. The molecule has 5 rings (SSSR count). The smallest absolute Gasteiger partial charge is 0.261 e. The van der Waals surface area contributed by atoms with Crippen molar-refractivity contribution < 1.29 is 22.5 Å². The molecule has 7 nitrogen and oxygen atoms in total. The van der Waals surface area contributed by atoms with E-state index in [0.717, 1.165) is 17.8 Å². The molecule has 0 aliphatic carbocycles. The van der Waals surface area contributed by atoms with Gasteiger partial charge >= 0.3 is 0 Å². The molecule has 0 radical (unpaired) electrons. The summed E-state index contributed by atoms with van der Waals surface area (Å²) in [5.74, 6) is -0.949. The number of hydrogen-bond donors (Lipinski definition) is 0. The fraction of sp³-hybridized carbons (Fsp3) is 0.296. The van der Waals surface area contributed by atoms with Crippen LogP contribution in [0.2, 0.25) is 0 Å². The summed E-state index contributed by atoms with van der Waals surface area (Å²) in [7, 11) is 0. The van der Waals surface area contributed by atoms with Crippen LogP contribution in [0.1, 0.15) is 41.5 Å². The number of hydrogen-bond acceptors (Lipinski definition) is 6. The monoisotopic (exact) mass is 507 g/mol. The molecule has 0 N–H and O–H groups in total. The molecule has 2 aromatic carbocycles. The number of carbonyl (C=O) groups is 1. The van der Waals surface area contributed by atoms with Crippen LogP contribution in [0.3, 0.4) is 0 Å². The molecule has 2 aromatic heterocycles. The lowest BCUT2D eigenvalue weighted by atomic mass is 9.89. The number of likely N-dealkylation sites (tertiary alicyclic amines) is 1.